The van der Waals surface area contributed by atoms with Gasteiger partial charge in [0.25, 0.3) is 0 Å². The first-order chi connectivity index (χ1) is 10.4. The summed E-state index contributed by atoms with van der Waals surface area (Å²) in [5.41, 5.74) is 1.98. The van der Waals surface area contributed by atoms with Crippen LogP contribution < -0.4 is 4.74 Å². The summed E-state index contributed by atoms with van der Waals surface area (Å²) >= 11 is 0. The molecule has 3 nitrogen and oxygen atoms in total. The van der Waals surface area contributed by atoms with Gasteiger partial charge in [-0.2, -0.15) is 0 Å². The van der Waals surface area contributed by atoms with Gasteiger partial charge in [0.2, 0.25) is 0 Å². The first-order valence-electron chi connectivity index (χ1n) is 6.83. The highest BCUT2D eigenvalue weighted by Crippen LogP contribution is 2.13. The lowest BCUT2D eigenvalue weighted by Gasteiger charge is -2.07. The highest BCUT2D eigenvalue weighted by molar-refractivity contribution is 5.39. The molecule has 2 aromatic carbocycles. The van der Waals surface area contributed by atoms with Crippen LogP contribution in [0.15, 0.2) is 54.6 Å². The van der Waals surface area contributed by atoms with E-state index in [2.05, 4.69) is 11.8 Å². The molecule has 0 amide bonds. The Kier molecular flexibility index (Phi) is 6.34. The number of aliphatic hydroxyl groups excluding tert-OH is 1. The molecule has 0 unspecified atom stereocenters. The van der Waals surface area contributed by atoms with Crippen LogP contribution in [-0.2, 0) is 11.3 Å². The molecular formula is C18H18O3. The van der Waals surface area contributed by atoms with E-state index in [0.29, 0.717) is 13.0 Å². The molecule has 0 aliphatic carbocycles. The summed E-state index contributed by atoms with van der Waals surface area (Å²) in [6.07, 6.45) is 0.477. The topological polar surface area (TPSA) is 38.7 Å². The maximum absolute atomic E-state index is 8.69. The van der Waals surface area contributed by atoms with Crippen LogP contribution in [0.1, 0.15) is 17.5 Å². The molecule has 21 heavy (non-hydrogen) atoms. The number of hydrogen-bond donors (Lipinski definition) is 1. The van der Waals surface area contributed by atoms with Crippen molar-refractivity contribution in [2.24, 2.45) is 0 Å². The van der Waals surface area contributed by atoms with Crippen molar-refractivity contribution in [3.63, 3.8) is 0 Å². The number of benzene rings is 2. The van der Waals surface area contributed by atoms with Crippen molar-refractivity contribution in [1.29, 1.82) is 0 Å². The van der Waals surface area contributed by atoms with Crippen LogP contribution in [0.25, 0.3) is 0 Å². The molecule has 0 aliphatic rings. The smallest absolute Gasteiger partial charge is 0.189 e. The van der Waals surface area contributed by atoms with Crippen LogP contribution in [0.2, 0.25) is 0 Å². The maximum Gasteiger partial charge on any atom is 0.189 e. The van der Waals surface area contributed by atoms with Crippen molar-refractivity contribution in [2.75, 3.05) is 13.4 Å². The van der Waals surface area contributed by atoms with Crippen LogP contribution in [0, 0.1) is 11.8 Å². The van der Waals surface area contributed by atoms with Crippen molar-refractivity contribution < 1.29 is 14.6 Å². The quantitative estimate of drug-likeness (QED) is 0.503. The Bertz CT molecular complexity index is 597. The van der Waals surface area contributed by atoms with Crippen LogP contribution >= 0.6 is 0 Å². The maximum atomic E-state index is 8.69. The largest absolute Gasteiger partial charge is 0.468 e. The minimum Gasteiger partial charge on any atom is -0.468 e. The van der Waals surface area contributed by atoms with Crippen LogP contribution in [0.5, 0.6) is 5.75 Å². The van der Waals surface area contributed by atoms with E-state index in [0.717, 1.165) is 16.9 Å². The second-order valence-electron chi connectivity index (χ2n) is 4.40. The van der Waals surface area contributed by atoms with E-state index in [1.807, 2.05) is 54.6 Å². The number of ether oxygens (including phenoxy) is 2. The molecule has 0 spiro atoms. The minimum atomic E-state index is 0.0799. The monoisotopic (exact) mass is 282 g/mol. The molecule has 2 aromatic rings. The van der Waals surface area contributed by atoms with Crippen LogP contribution in [0.3, 0.4) is 0 Å². The van der Waals surface area contributed by atoms with Gasteiger partial charge in [0.05, 0.1) is 13.2 Å². The third kappa shape index (κ3) is 5.70. The summed E-state index contributed by atoms with van der Waals surface area (Å²) in [5, 5.41) is 8.69. The minimum absolute atomic E-state index is 0.0799. The van der Waals surface area contributed by atoms with Crippen molar-refractivity contribution in [3.05, 3.63) is 65.7 Å². The van der Waals surface area contributed by atoms with Gasteiger partial charge in [-0.3, -0.25) is 0 Å². The second kappa shape index (κ2) is 8.80. The predicted octanol–water partition coefficient (Wildman–Crippen LogP) is 2.97. The van der Waals surface area contributed by atoms with Crippen molar-refractivity contribution in [1.82, 2.24) is 0 Å². The first kappa shape index (κ1) is 15.1. The average Bonchev–Trinajstić information content (AvgIpc) is 2.53. The molecule has 0 fully saturated rings. The SMILES string of the molecule is OCCC#Cc1cccc(OCOCc2ccccc2)c1. The molecule has 0 heterocycles. The lowest BCUT2D eigenvalue weighted by Crippen LogP contribution is -2.02. The van der Waals surface area contributed by atoms with Crippen molar-refractivity contribution in [3.8, 4) is 17.6 Å². The van der Waals surface area contributed by atoms with Gasteiger partial charge in [0.1, 0.15) is 5.75 Å². The predicted molar refractivity (Wildman–Crippen MR) is 81.7 cm³/mol. The van der Waals surface area contributed by atoms with Crippen molar-refractivity contribution in [2.45, 2.75) is 13.0 Å². The van der Waals surface area contributed by atoms with E-state index >= 15 is 0 Å². The lowest BCUT2D eigenvalue weighted by molar-refractivity contribution is 0.00504. The zero-order chi connectivity index (χ0) is 14.8. The van der Waals surface area contributed by atoms with Gasteiger partial charge < -0.3 is 14.6 Å². The van der Waals surface area contributed by atoms with E-state index in [1.54, 1.807) is 0 Å². The first-order valence-corrected chi connectivity index (χ1v) is 6.83. The zero-order valence-electron chi connectivity index (χ0n) is 11.8. The van der Waals surface area contributed by atoms with Gasteiger partial charge in [0.15, 0.2) is 6.79 Å². The molecular weight excluding hydrogens is 264 g/mol. The molecule has 0 atom stereocenters. The van der Waals surface area contributed by atoms with Gasteiger partial charge in [-0.1, -0.05) is 48.2 Å². The Balaban J connectivity index is 1.78. The Morgan fingerprint density at radius 2 is 1.86 bits per heavy atom. The van der Waals surface area contributed by atoms with Crippen molar-refractivity contribution >= 4 is 0 Å². The molecule has 0 saturated heterocycles. The molecule has 0 aromatic heterocycles. The molecule has 0 radical (unpaired) electrons. The van der Waals surface area contributed by atoms with Gasteiger partial charge in [0, 0.05) is 12.0 Å². The summed E-state index contributed by atoms with van der Waals surface area (Å²) in [6.45, 7) is 0.801. The zero-order valence-corrected chi connectivity index (χ0v) is 11.8. The average molecular weight is 282 g/mol. The van der Waals surface area contributed by atoms with E-state index in [4.69, 9.17) is 14.6 Å². The van der Waals surface area contributed by atoms with Crippen LogP contribution in [0.4, 0.5) is 0 Å². The second-order valence-corrected chi connectivity index (χ2v) is 4.40. The number of hydrogen-bond acceptors (Lipinski definition) is 3. The summed E-state index contributed by atoms with van der Waals surface area (Å²) in [4.78, 5) is 0. The molecule has 0 bridgehead atoms. The highest BCUT2D eigenvalue weighted by atomic mass is 16.7. The summed E-state index contributed by atoms with van der Waals surface area (Å²) in [6, 6.07) is 17.5. The Hall–Kier alpha value is -2.28. The molecule has 3 heteroatoms. The number of aliphatic hydroxyl groups is 1. The third-order valence-corrected chi connectivity index (χ3v) is 2.72. The standard InChI is InChI=1S/C18H18O3/c19-12-5-4-7-16-10-6-11-18(13-16)21-15-20-14-17-8-2-1-3-9-17/h1-3,6,8-11,13,19H,5,12,14-15H2. The van der Waals surface area contributed by atoms with Gasteiger partial charge in [-0.25, -0.2) is 0 Å². The molecule has 0 saturated carbocycles. The molecule has 2 rings (SSSR count). The third-order valence-electron chi connectivity index (χ3n) is 2.72. The highest BCUT2D eigenvalue weighted by Gasteiger charge is 1.96. The van der Waals surface area contributed by atoms with E-state index in [9.17, 15) is 0 Å². The normalized spacial score (nSPS) is 9.76. The summed E-state index contributed by atoms with van der Waals surface area (Å²) in [7, 11) is 0. The van der Waals surface area contributed by atoms with Gasteiger partial charge in [-0.15, -0.1) is 0 Å². The van der Waals surface area contributed by atoms with E-state index in [-0.39, 0.29) is 13.4 Å². The molecule has 1 N–H and O–H groups in total. The molecule has 0 aliphatic heterocycles. The Morgan fingerprint density at radius 3 is 2.67 bits per heavy atom. The fourth-order valence-electron chi connectivity index (χ4n) is 1.73. The van der Waals surface area contributed by atoms with E-state index < -0.39 is 0 Å². The fourth-order valence-corrected chi connectivity index (χ4v) is 1.73. The number of rotatable bonds is 6. The Morgan fingerprint density at radius 1 is 1.00 bits per heavy atom. The van der Waals surface area contributed by atoms with Gasteiger partial charge >= 0.3 is 0 Å². The Labute approximate surface area is 125 Å². The fraction of sp³-hybridized carbons (Fsp3) is 0.222. The van der Waals surface area contributed by atoms with E-state index in [1.165, 1.54) is 0 Å². The van der Waals surface area contributed by atoms with Crippen LogP contribution in [-0.4, -0.2) is 18.5 Å². The lowest BCUT2D eigenvalue weighted by atomic mass is 10.2. The molecule has 108 valence electrons. The summed E-state index contributed by atoms with van der Waals surface area (Å²) in [5.74, 6) is 6.57. The van der Waals surface area contributed by atoms with Gasteiger partial charge in [-0.05, 0) is 23.8 Å². The summed E-state index contributed by atoms with van der Waals surface area (Å²) < 4.78 is 11.0.